The Kier molecular flexibility index (Phi) is 8.36. The quantitative estimate of drug-likeness (QED) is 0.116. The lowest BCUT2D eigenvalue weighted by molar-refractivity contribution is -0.112. The number of esters is 1. The first-order valence-corrected chi connectivity index (χ1v) is 14.2. The highest BCUT2D eigenvalue weighted by atomic mass is 16.6. The minimum Gasteiger partial charge on any atom is -0.507 e. The molecule has 4 aromatic rings. The molecule has 1 N–H and O–H groups in total. The second-order valence-corrected chi connectivity index (χ2v) is 11.4. The molecule has 2 heterocycles. The summed E-state index contributed by atoms with van der Waals surface area (Å²) in [5.41, 5.74) is 2.71. The van der Waals surface area contributed by atoms with Gasteiger partial charge >= 0.3 is 11.6 Å². The van der Waals surface area contributed by atoms with Crippen LogP contribution >= 0.6 is 0 Å². The van der Waals surface area contributed by atoms with Gasteiger partial charge in [-0.05, 0) is 63.9 Å². The van der Waals surface area contributed by atoms with Crippen LogP contribution in [0.5, 0.6) is 5.75 Å². The third-order valence-corrected chi connectivity index (χ3v) is 7.53. The number of carbonyl (C=O) groups excluding carboxylic acids is 3. The van der Waals surface area contributed by atoms with Crippen molar-refractivity contribution in [2.75, 3.05) is 0 Å². The Hall–Kier alpha value is -5.24. The van der Waals surface area contributed by atoms with Crippen molar-refractivity contribution in [1.29, 1.82) is 0 Å². The van der Waals surface area contributed by atoms with Crippen molar-refractivity contribution < 1.29 is 33.4 Å². The van der Waals surface area contributed by atoms with Gasteiger partial charge in [-0.3, -0.25) is 9.59 Å². The maximum Gasteiger partial charge on any atom is 0.338 e. The van der Waals surface area contributed by atoms with Gasteiger partial charge in [0, 0.05) is 40.6 Å². The minimum absolute atomic E-state index is 0.0762. The van der Waals surface area contributed by atoms with Crippen LogP contribution in [-0.2, 0) is 16.0 Å². The Morgan fingerprint density at radius 2 is 1.61 bits per heavy atom. The number of aliphatic hydroxyl groups excluding tert-OH is 1. The highest BCUT2D eigenvalue weighted by Gasteiger charge is 2.40. The lowest BCUT2D eigenvalue weighted by atomic mass is 9.87. The third kappa shape index (κ3) is 6.24. The molecule has 0 amide bonds. The zero-order valence-electron chi connectivity index (χ0n) is 24.9. The fourth-order valence-electron chi connectivity index (χ4n) is 5.05. The summed E-state index contributed by atoms with van der Waals surface area (Å²) in [6, 6.07) is 22.3. The van der Waals surface area contributed by atoms with Crippen molar-refractivity contribution in [3.05, 3.63) is 129 Å². The summed E-state index contributed by atoms with van der Waals surface area (Å²) in [6.45, 7) is 7.48. The second kappa shape index (κ2) is 12.2. The monoisotopic (exact) mass is 592 g/mol. The molecule has 0 radical (unpaired) electrons. The summed E-state index contributed by atoms with van der Waals surface area (Å²) >= 11 is 0. The summed E-state index contributed by atoms with van der Waals surface area (Å²) in [5, 5.41) is 10.9. The Labute approximate surface area is 254 Å². The van der Waals surface area contributed by atoms with Crippen LogP contribution in [0.4, 0.5) is 0 Å². The van der Waals surface area contributed by atoms with Crippen molar-refractivity contribution in [3.63, 3.8) is 0 Å². The Morgan fingerprint density at radius 3 is 2.32 bits per heavy atom. The summed E-state index contributed by atoms with van der Waals surface area (Å²) in [4.78, 5) is 47.6. The SMILES string of the molecule is CC(C)(OC(=O)c1ccccc1)C1Cc2cc3ccc(=O)oc3cc2O1.CC(C)=CCC1=C(O)c2ccccc2C(=O)C1=O. The van der Waals surface area contributed by atoms with E-state index in [2.05, 4.69) is 0 Å². The molecule has 0 spiro atoms. The van der Waals surface area contributed by atoms with Crippen LogP contribution in [0.1, 0.15) is 66.0 Å². The molecule has 0 saturated carbocycles. The molecule has 1 atom stereocenters. The molecule has 44 heavy (non-hydrogen) atoms. The molecule has 0 fully saturated rings. The van der Waals surface area contributed by atoms with Crippen LogP contribution in [0.2, 0.25) is 0 Å². The Morgan fingerprint density at radius 1 is 0.932 bits per heavy atom. The molecule has 6 rings (SSSR count). The van der Waals surface area contributed by atoms with Gasteiger partial charge in [-0.15, -0.1) is 0 Å². The third-order valence-electron chi connectivity index (χ3n) is 7.53. The summed E-state index contributed by atoms with van der Waals surface area (Å²) in [6.07, 6.45) is 2.39. The molecule has 8 nitrogen and oxygen atoms in total. The normalized spacial score (nSPS) is 15.5. The molecule has 0 bridgehead atoms. The summed E-state index contributed by atoms with van der Waals surface area (Å²) in [5.74, 6) is -0.955. The van der Waals surface area contributed by atoms with Crippen LogP contribution in [0, 0.1) is 0 Å². The number of rotatable bonds is 5. The first-order chi connectivity index (χ1) is 20.9. The van der Waals surface area contributed by atoms with E-state index < -0.39 is 22.8 Å². The molecule has 2 aliphatic rings. The largest absolute Gasteiger partial charge is 0.507 e. The van der Waals surface area contributed by atoms with Crippen LogP contribution < -0.4 is 10.4 Å². The second-order valence-electron chi connectivity index (χ2n) is 11.4. The van der Waals surface area contributed by atoms with Crippen molar-refractivity contribution in [3.8, 4) is 5.75 Å². The topological polar surface area (TPSA) is 120 Å². The molecule has 1 aliphatic carbocycles. The lowest BCUT2D eigenvalue weighted by Crippen LogP contribution is -2.43. The van der Waals surface area contributed by atoms with Crippen molar-refractivity contribution >= 4 is 34.3 Å². The van der Waals surface area contributed by atoms with Gasteiger partial charge in [-0.1, -0.05) is 54.1 Å². The van der Waals surface area contributed by atoms with Gasteiger partial charge < -0.3 is 19.0 Å². The first-order valence-electron chi connectivity index (χ1n) is 14.2. The van der Waals surface area contributed by atoms with Gasteiger partial charge in [0.1, 0.15) is 28.8 Å². The maximum absolute atomic E-state index is 12.4. The van der Waals surface area contributed by atoms with Crippen LogP contribution in [-0.4, -0.2) is 34.3 Å². The molecule has 8 heteroatoms. The average molecular weight is 593 g/mol. The van der Waals surface area contributed by atoms with Gasteiger partial charge in [-0.2, -0.15) is 0 Å². The predicted molar refractivity (Wildman–Crippen MR) is 166 cm³/mol. The number of ether oxygens (including phenoxy) is 2. The van der Waals surface area contributed by atoms with Crippen molar-refractivity contribution in [2.24, 2.45) is 0 Å². The highest BCUT2D eigenvalue weighted by molar-refractivity contribution is 6.52. The van der Waals surface area contributed by atoms with Gasteiger partial charge in [0.05, 0.1) is 5.56 Å². The molecule has 3 aromatic carbocycles. The number of fused-ring (bicyclic) bond motifs is 3. The molecular weight excluding hydrogens is 560 g/mol. The van der Waals surface area contributed by atoms with E-state index in [4.69, 9.17) is 13.9 Å². The fourth-order valence-corrected chi connectivity index (χ4v) is 5.05. The van der Waals surface area contributed by atoms with Crippen LogP contribution in [0.25, 0.3) is 16.7 Å². The van der Waals surface area contributed by atoms with Gasteiger partial charge in [0.25, 0.3) is 0 Å². The summed E-state index contributed by atoms with van der Waals surface area (Å²) < 4.78 is 16.9. The maximum atomic E-state index is 12.4. The number of hydrogen-bond donors (Lipinski definition) is 1. The predicted octanol–water partition coefficient (Wildman–Crippen LogP) is 6.81. The molecule has 1 aromatic heterocycles. The van der Waals surface area contributed by atoms with Crippen molar-refractivity contribution in [1.82, 2.24) is 0 Å². The lowest BCUT2D eigenvalue weighted by Gasteiger charge is -2.30. The molecule has 1 unspecified atom stereocenters. The zero-order chi connectivity index (χ0) is 31.6. The van der Waals surface area contributed by atoms with Gasteiger partial charge in [0.2, 0.25) is 11.6 Å². The standard InChI is InChI=1S/C21H18O5.C15H14O3/c1-21(2,26-20(23)13-6-4-3-5-7-13)18-11-15-10-14-8-9-19(22)25-16(14)12-17(15)24-18;1-9(2)7-8-12-13(16)10-5-3-4-6-11(10)14(17)15(12)18/h3-10,12,18H,11H2,1-2H3;3-7,16H,8H2,1-2H3. The fraction of sp³-hybridized carbons (Fsp3) is 0.222. The molecular formula is C36H32O8. The number of hydrogen-bond acceptors (Lipinski definition) is 8. The number of benzene rings is 3. The minimum atomic E-state index is -0.820. The van der Waals surface area contributed by atoms with E-state index in [9.17, 15) is 24.3 Å². The molecule has 1 aliphatic heterocycles. The number of aliphatic hydroxyl groups is 1. The molecule has 0 saturated heterocycles. The van der Waals surface area contributed by atoms with Crippen LogP contribution in [0.3, 0.4) is 0 Å². The van der Waals surface area contributed by atoms with E-state index in [1.165, 1.54) is 6.07 Å². The van der Waals surface area contributed by atoms with E-state index in [0.717, 1.165) is 16.5 Å². The van der Waals surface area contributed by atoms with E-state index in [-0.39, 0.29) is 35.4 Å². The van der Waals surface area contributed by atoms with E-state index in [1.807, 2.05) is 45.9 Å². The smallest absolute Gasteiger partial charge is 0.338 e. The van der Waals surface area contributed by atoms with Crippen molar-refractivity contribution in [2.45, 2.75) is 52.2 Å². The number of carbonyl (C=O) groups is 3. The number of Topliss-reactive ketones (excluding diaryl/α,β-unsaturated/α-hetero) is 2. The van der Waals surface area contributed by atoms with Gasteiger partial charge in [0.15, 0.2) is 0 Å². The van der Waals surface area contributed by atoms with Crippen LogP contribution in [0.15, 0.2) is 105 Å². The zero-order valence-corrected chi connectivity index (χ0v) is 24.9. The Balaban J connectivity index is 0.000000187. The first kappa shape index (κ1) is 30.2. The average Bonchev–Trinajstić information content (AvgIpc) is 3.43. The Bertz CT molecular complexity index is 1890. The number of allylic oxidation sites excluding steroid dienone is 3. The van der Waals surface area contributed by atoms with Gasteiger partial charge in [-0.25, -0.2) is 9.59 Å². The highest BCUT2D eigenvalue weighted by Crippen LogP contribution is 2.37. The molecule has 224 valence electrons. The van der Waals surface area contributed by atoms with E-state index in [0.29, 0.717) is 28.9 Å². The summed E-state index contributed by atoms with van der Waals surface area (Å²) in [7, 11) is 0. The van der Waals surface area contributed by atoms with E-state index in [1.54, 1.807) is 60.7 Å². The number of ketones is 2. The van der Waals surface area contributed by atoms with E-state index >= 15 is 0 Å².